The first-order chi connectivity index (χ1) is 14.7. The van der Waals surface area contributed by atoms with Gasteiger partial charge in [-0.05, 0) is 55.5 Å². The number of anilines is 1. The van der Waals surface area contributed by atoms with Crippen LogP contribution in [0.5, 0.6) is 23.0 Å². The molecule has 0 unspecified atom stereocenters. The van der Waals surface area contributed by atoms with Crippen molar-refractivity contribution in [3.63, 3.8) is 0 Å². The first-order valence-corrected chi connectivity index (χ1v) is 10.6. The zero-order valence-electron chi connectivity index (χ0n) is 18.6. The Bertz CT molecular complexity index is 808. The van der Waals surface area contributed by atoms with Crippen LogP contribution in [-0.4, -0.2) is 59.0 Å². The second kappa shape index (κ2) is 11.0. The monoisotopic (exact) mass is 414 g/mol. The largest absolute Gasteiger partial charge is 0.493 e. The summed E-state index contributed by atoms with van der Waals surface area (Å²) in [6.45, 7) is 3.09. The van der Waals surface area contributed by atoms with Crippen LogP contribution in [0.1, 0.15) is 24.8 Å². The van der Waals surface area contributed by atoms with Gasteiger partial charge in [-0.3, -0.25) is 4.90 Å². The van der Waals surface area contributed by atoms with Crippen molar-refractivity contribution in [3.05, 3.63) is 42.0 Å². The molecule has 2 aromatic rings. The molecule has 1 fully saturated rings. The van der Waals surface area contributed by atoms with Crippen molar-refractivity contribution in [2.45, 2.75) is 31.7 Å². The van der Waals surface area contributed by atoms with Crippen LogP contribution in [0.15, 0.2) is 36.4 Å². The highest BCUT2D eigenvalue weighted by atomic mass is 16.5. The third kappa shape index (κ3) is 5.95. The number of hydrogen-bond donors (Lipinski definition) is 1. The van der Waals surface area contributed by atoms with Gasteiger partial charge in [0, 0.05) is 37.4 Å². The normalized spacial score (nSPS) is 13.2. The van der Waals surface area contributed by atoms with E-state index in [-0.39, 0.29) is 0 Å². The Labute approximate surface area is 180 Å². The van der Waals surface area contributed by atoms with E-state index in [4.69, 9.17) is 18.9 Å². The maximum absolute atomic E-state index is 5.43. The van der Waals surface area contributed by atoms with Crippen LogP contribution in [0.25, 0.3) is 0 Å². The van der Waals surface area contributed by atoms with E-state index < -0.39 is 0 Å². The topological polar surface area (TPSA) is 52.2 Å². The molecule has 0 radical (unpaired) electrons. The van der Waals surface area contributed by atoms with Gasteiger partial charge >= 0.3 is 0 Å². The Morgan fingerprint density at radius 2 is 1.43 bits per heavy atom. The SMILES string of the molecule is COc1ccc(CCN(CCCNc2ccc(OC)c(OC)c2)C2CC2)cc1OC. The molecule has 0 heterocycles. The van der Waals surface area contributed by atoms with E-state index >= 15 is 0 Å². The van der Waals surface area contributed by atoms with Crippen molar-refractivity contribution >= 4 is 5.69 Å². The first kappa shape index (κ1) is 22.1. The van der Waals surface area contributed by atoms with Gasteiger partial charge in [-0.2, -0.15) is 0 Å². The Balaban J connectivity index is 1.46. The summed E-state index contributed by atoms with van der Waals surface area (Å²) in [5.41, 5.74) is 2.33. The van der Waals surface area contributed by atoms with Crippen molar-refractivity contribution in [1.29, 1.82) is 0 Å². The van der Waals surface area contributed by atoms with E-state index in [1.807, 2.05) is 24.3 Å². The molecule has 0 saturated heterocycles. The molecule has 30 heavy (non-hydrogen) atoms. The molecule has 3 rings (SSSR count). The summed E-state index contributed by atoms with van der Waals surface area (Å²) in [4.78, 5) is 2.62. The summed E-state index contributed by atoms with van der Waals surface area (Å²) in [5.74, 6) is 3.07. The predicted octanol–water partition coefficient (Wildman–Crippen LogP) is 4.23. The molecule has 0 bridgehead atoms. The highest BCUT2D eigenvalue weighted by Crippen LogP contribution is 2.31. The quantitative estimate of drug-likeness (QED) is 0.495. The van der Waals surface area contributed by atoms with Crippen LogP contribution < -0.4 is 24.3 Å². The Hall–Kier alpha value is -2.60. The number of nitrogens with zero attached hydrogens (tertiary/aromatic N) is 1. The predicted molar refractivity (Wildman–Crippen MR) is 120 cm³/mol. The van der Waals surface area contributed by atoms with Crippen molar-refractivity contribution in [2.24, 2.45) is 0 Å². The summed E-state index contributed by atoms with van der Waals surface area (Å²) in [7, 11) is 6.67. The molecule has 0 aromatic heterocycles. The van der Waals surface area contributed by atoms with Crippen molar-refractivity contribution in [1.82, 2.24) is 4.90 Å². The number of ether oxygens (including phenoxy) is 4. The number of hydrogen-bond acceptors (Lipinski definition) is 6. The minimum Gasteiger partial charge on any atom is -0.493 e. The van der Waals surface area contributed by atoms with Crippen LogP contribution in [0.3, 0.4) is 0 Å². The van der Waals surface area contributed by atoms with Crippen LogP contribution in [0, 0.1) is 0 Å². The average molecular weight is 415 g/mol. The zero-order chi connectivity index (χ0) is 21.3. The summed E-state index contributed by atoms with van der Waals surface area (Å²) in [6.07, 6.45) is 4.74. The van der Waals surface area contributed by atoms with Gasteiger partial charge in [-0.25, -0.2) is 0 Å². The lowest BCUT2D eigenvalue weighted by molar-refractivity contribution is 0.265. The fourth-order valence-electron chi connectivity index (χ4n) is 3.69. The Morgan fingerprint density at radius 3 is 2.07 bits per heavy atom. The molecule has 0 spiro atoms. The average Bonchev–Trinajstić information content (AvgIpc) is 3.63. The molecule has 0 atom stereocenters. The second-order valence-corrected chi connectivity index (χ2v) is 7.56. The highest BCUT2D eigenvalue weighted by Gasteiger charge is 2.28. The van der Waals surface area contributed by atoms with Gasteiger partial charge in [-0.1, -0.05) is 6.07 Å². The number of nitrogens with one attached hydrogen (secondary N) is 1. The molecule has 6 heteroatoms. The molecule has 1 saturated carbocycles. The lowest BCUT2D eigenvalue weighted by atomic mass is 10.1. The highest BCUT2D eigenvalue weighted by molar-refractivity contribution is 5.54. The summed E-state index contributed by atoms with van der Waals surface area (Å²) < 4.78 is 21.4. The lowest BCUT2D eigenvalue weighted by Gasteiger charge is -2.22. The first-order valence-electron chi connectivity index (χ1n) is 10.6. The standard InChI is InChI=1S/C24H34N2O4/c1-27-21-10-6-18(16-23(21)29-3)12-15-26(20-8-9-20)14-5-13-25-19-7-11-22(28-2)24(17-19)30-4/h6-7,10-11,16-17,20,25H,5,8-9,12-15H2,1-4H3. The summed E-state index contributed by atoms with van der Waals surface area (Å²) in [5, 5.41) is 3.49. The van der Waals surface area contributed by atoms with Gasteiger partial charge in [0.15, 0.2) is 23.0 Å². The summed E-state index contributed by atoms with van der Waals surface area (Å²) >= 11 is 0. The molecular formula is C24H34N2O4. The molecule has 0 aliphatic heterocycles. The minimum absolute atomic E-state index is 0.742. The van der Waals surface area contributed by atoms with E-state index in [9.17, 15) is 0 Å². The zero-order valence-corrected chi connectivity index (χ0v) is 18.6. The summed E-state index contributed by atoms with van der Waals surface area (Å²) in [6, 6.07) is 12.9. The van der Waals surface area contributed by atoms with Gasteiger partial charge < -0.3 is 24.3 Å². The molecule has 164 valence electrons. The van der Waals surface area contributed by atoms with Crippen molar-refractivity contribution < 1.29 is 18.9 Å². The van der Waals surface area contributed by atoms with Gasteiger partial charge in [0.1, 0.15) is 0 Å². The van der Waals surface area contributed by atoms with Crippen LogP contribution in [0.4, 0.5) is 5.69 Å². The fourth-order valence-corrected chi connectivity index (χ4v) is 3.69. The van der Waals surface area contributed by atoms with Gasteiger partial charge in [-0.15, -0.1) is 0 Å². The maximum atomic E-state index is 5.43. The lowest BCUT2D eigenvalue weighted by Crippen LogP contribution is -2.30. The number of methoxy groups -OCH3 is 4. The molecule has 0 amide bonds. The van der Waals surface area contributed by atoms with Crippen molar-refractivity contribution in [3.8, 4) is 23.0 Å². The minimum atomic E-state index is 0.742. The van der Waals surface area contributed by atoms with E-state index in [1.165, 1.54) is 18.4 Å². The van der Waals surface area contributed by atoms with E-state index in [2.05, 4.69) is 22.3 Å². The molecule has 1 aliphatic carbocycles. The number of rotatable bonds is 13. The molecule has 1 N–H and O–H groups in total. The molecule has 2 aromatic carbocycles. The van der Waals surface area contributed by atoms with Crippen LogP contribution in [-0.2, 0) is 6.42 Å². The molecule has 6 nitrogen and oxygen atoms in total. The third-order valence-electron chi connectivity index (χ3n) is 5.53. The van der Waals surface area contributed by atoms with E-state index in [0.29, 0.717) is 0 Å². The fraction of sp³-hybridized carbons (Fsp3) is 0.500. The van der Waals surface area contributed by atoms with Gasteiger partial charge in [0.2, 0.25) is 0 Å². The van der Waals surface area contributed by atoms with E-state index in [0.717, 1.165) is 67.2 Å². The molecular weight excluding hydrogens is 380 g/mol. The molecule has 1 aliphatic rings. The third-order valence-corrected chi connectivity index (χ3v) is 5.53. The maximum Gasteiger partial charge on any atom is 0.162 e. The van der Waals surface area contributed by atoms with Gasteiger partial charge in [0.25, 0.3) is 0 Å². The second-order valence-electron chi connectivity index (χ2n) is 7.56. The smallest absolute Gasteiger partial charge is 0.162 e. The Kier molecular flexibility index (Phi) is 8.08. The number of benzene rings is 2. The van der Waals surface area contributed by atoms with Crippen LogP contribution in [0.2, 0.25) is 0 Å². The Morgan fingerprint density at radius 1 is 0.800 bits per heavy atom. The van der Waals surface area contributed by atoms with E-state index in [1.54, 1.807) is 28.4 Å². The van der Waals surface area contributed by atoms with Gasteiger partial charge in [0.05, 0.1) is 28.4 Å². The van der Waals surface area contributed by atoms with Crippen molar-refractivity contribution in [2.75, 3.05) is 53.4 Å². The van der Waals surface area contributed by atoms with Crippen LogP contribution >= 0.6 is 0 Å².